The Labute approximate surface area is 405 Å². The van der Waals surface area contributed by atoms with Crippen LogP contribution in [0, 0.1) is 0 Å². The average molecular weight is 916 g/mol. The molecule has 0 spiro atoms. The number of hydrogen-bond donors (Lipinski definition) is 0. The van der Waals surface area contributed by atoms with Crippen LogP contribution >= 0.6 is 22.7 Å². The summed E-state index contributed by atoms with van der Waals surface area (Å²) in [6.07, 6.45) is 0. The minimum Gasteiger partial charge on any atom is -0.456 e. The van der Waals surface area contributed by atoms with Gasteiger partial charge >= 0.3 is 0 Å². The highest BCUT2D eigenvalue weighted by Gasteiger charge is 2.20. The van der Waals surface area contributed by atoms with E-state index >= 15 is 0 Å². The zero-order valence-electron chi connectivity index (χ0n) is 36.9. The summed E-state index contributed by atoms with van der Waals surface area (Å²) in [5.41, 5.74) is 13.5. The second-order valence-corrected chi connectivity index (χ2v) is 19.7. The highest BCUT2D eigenvalue weighted by molar-refractivity contribution is 7.26. The molecule has 69 heavy (non-hydrogen) atoms. The molecule has 0 saturated heterocycles. The van der Waals surface area contributed by atoms with Gasteiger partial charge in [-0.25, -0.2) is 15.0 Å². The second kappa shape index (κ2) is 16.1. The van der Waals surface area contributed by atoms with Crippen LogP contribution in [-0.4, -0.2) is 15.0 Å². The van der Waals surface area contributed by atoms with Crippen molar-refractivity contribution in [3.05, 3.63) is 224 Å². The van der Waals surface area contributed by atoms with Gasteiger partial charge in [0, 0.05) is 67.8 Å². The van der Waals surface area contributed by atoms with Crippen LogP contribution in [0.15, 0.2) is 229 Å². The number of hydrogen-bond acceptors (Lipinski definition) is 6. The molecule has 322 valence electrons. The molecule has 4 heterocycles. The molecule has 0 atom stereocenters. The smallest absolute Gasteiger partial charge is 0.164 e. The van der Waals surface area contributed by atoms with Crippen LogP contribution in [0.5, 0.6) is 0 Å². The van der Waals surface area contributed by atoms with E-state index in [0.717, 1.165) is 66.4 Å². The zero-order chi connectivity index (χ0) is 45.4. The molecule has 0 aliphatic carbocycles. The molecule has 0 radical (unpaired) electrons. The Kier molecular flexibility index (Phi) is 9.22. The number of nitrogens with zero attached hydrogens (tertiary/aromatic N) is 3. The lowest BCUT2D eigenvalue weighted by atomic mass is 9.96. The highest BCUT2D eigenvalue weighted by Crippen LogP contribution is 2.45. The van der Waals surface area contributed by atoms with Crippen LogP contribution in [0.1, 0.15) is 0 Å². The van der Waals surface area contributed by atoms with Crippen LogP contribution < -0.4 is 0 Å². The summed E-state index contributed by atoms with van der Waals surface area (Å²) in [7, 11) is 0. The van der Waals surface area contributed by atoms with Gasteiger partial charge in [0.05, 0.1) is 0 Å². The van der Waals surface area contributed by atoms with Gasteiger partial charge in [0.2, 0.25) is 0 Å². The first-order valence-corrected chi connectivity index (χ1v) is 24.7. The summed E-state index contributed by atoms with van der Waals surface area (Å²) in [6.45, 7) is 0. The Bertz CT molecular complexity index is 4220. The third kappa shape index (κ3) is 6.83. The molecule has 0 aliphatic heterocycles. The number of aromatic nitrogens is 3. The van der Waals surface area contributed by atoms with Crippen molar-refractivity contribution in [2.24, 2.45) is 0 Å². The Morgan fingerprint density at radius 3 is 1.49 bits per heavy atom. The van der Waals surface area contributed by atoms with Gasteiger partial charge < -0.3 is 4.42 Å². The molecule has 4 nitrogen and oxygen atoms in total. The van der Waals surface area contributed by atoms with Crippen LogP contribution in [0.25, 0.3) is 141 Å². The summed E-state index contributed by atoms with van der Waals surface area (Å²) < 4.78 is 11.8. The van der Waals surface area contributed by atoms with E-state index in [4.69, 9.17) is 19.4 Å². The zero-order valence-corrected chi connectivity index (χ0v) is 38.6. The van der Waals surface area contributed by atoms with E-state index in [1.807, 2.05) is 46.9 Å². The molecular formula is C63H37N3OS2. The molecule has 0 unspecified atom stereocenters. The van der Waals surface area contributed by atoms with Crippen molar-refractivity contribution in [3.8, 4) is 78.7 Å². The third-order valence-electron chi connectivity index (χ3n) is 13.3. The molecule has 10 aromatic carbocycles. The predicted octanol–water partition coefficient (Wildman–Crippen LogP) is 18.2. The van der Waals surface area contributed by atoms with Gasteiger partial charge in [0.25, 0.3) is 0 Å². The van der Waals surface area contributed by atoms with Crippen LogP contribution in [0.3, 0.4) is 0 Å². The minimum absolute atomic E-state index is 0.581. The molecule has 14 rings (SSSR count). The topological polar surface area (TPSA) is 51.8 Å². The fraction of sp³-hybridized carbons (Fsp3) is 0. The minimum atomic E-state index is 0.581. The van der Waals surface area contributed by atoms with Gasteiger partial charge in [-0.05, 0) is 99.1 Å². The third-order valence-corrected chi connectivity index (χ3v) is 15.6. The van der Waals surface area contributed by atoms with E-state index in [-0.39, 0.29) is 0 Å². The van der Waals surface area contributed by atoms with Gasteiger partial charge in [-0.2, -0.15) is 0 Å². The first-order chi connectivity index (χ1) is 34.1. The fourth-order valence-electron chi connectivity index (χ4n) is 10.0. The Morgan fingerprint density at radius 1 is 0.261 bits per heavy atom. The molecule has 4 aromatic heterocycles. The van der Waals surface area contributed by atoms with Gasteiger partial charge in [-0.3, -0.25) is 0 Å². The summed E-state index contributed by atoms with van der Waals surface area (Å²) >= 11 is 3.72. The number of rotatable bonds is 7. The molecule has 0 bridgehead atoms. The first-order valence-electron chi connectivity index (χ1n) is 23.1. The second-order valence-electron chi connectivity index (χ2n) is 17.5. The van der Waals surface area contributed by atoms with Gasteiger partial charge in [0.15, 0.2) is 17.5 Å². The SMILES string of the molecule is c1ccc(-c2cccc(-c3nc(-c4cccc(-c5ccccc5)c4)nc(-c4cccc5oc6ccc(-c7cccc8sc9cc(-c%10ccc%11c(c%10)sc%10ccccc%10%11)ccc9c78)cc6c45)n3)c2)cc1. The number of fused-ring (bicyclic) bond motifs is 9. The van der Waals surface area contributed by atoms with Crippen molar-refractivity contribution in [1.29, 1.82) is 0 Å². The van der Waals surface area contributed by atoms with Crippen molar-refractivity contribution in [1.82, 2.24) is 15.0 Å². The number of thiophene rings is 2. The molecule has 0 amide bonds. The van der Waals surface area contributed by atoms with Crippen LogP contribution in [0.4, 0.5) is 0 Å². The molecular weight excluding hydrogens is 879 g/mol. The first kappa shape index (κ1) is 39.6. The van der Waals surface area contributed by atoms with Gasteiger partial charge in [-0.15, -0.1) is 22.7 Å². The average Bonchev–Trinajstić information content (AvgIpc) is 4.12. The fourth-order valence-corrected chi connectivity index (χ4v) is 12.3. The van der Waals surface area contributed by atoms with Crippen LogP contribution in [0.2, 0.25) is 0 Å². The Morgan fingerprint density at radius 2 is 0.768 bits per heavy atom. The van der Waals surface area contributed by atoms with E-state index in [0.29, 0.717) is 17.5 Å². The predicted molar refractivity (Wildman–Crippen MR) is 291 cm³/mol. The van der Waals surface area contributed by atoms with E-state index in [9.17, 15) is 0 Å². The molecule has 6 heteroatoms. The molecule has 0 saturated carbocycles. The maximum absolute atomic E-state index is 6.64. The monoisotopic (exact) mass is 915 g/mol. The molecule has 14 aromatic rings. The largest absolute Gasteiger partial charge is 0.456 e. The molecule has 0 aliphatic rings. The normalized spacial score (nSPS) is 11.8. The standard InChI is InChI=1S/C63H37N3OS2/c1-3-13-38(14-4-1)40-17-9-19-45(33-40)61-64-62(46-20-10-18-41(34-46)39-15-5-2-6-16-39)66-63(65-61)51-23-11-24-54-59(51)52-35-44(29-32-53(52)67-54)47-22-12-26-56-60(47)50-31-28-43(37-58(50)69-56)42-27-30-49-48-21-7-8-25-55(48)68-57(49)36-42/h1-37H. The van der Waals surface area contributed by atoms with Crippen molar-refractivity contribution >= 4 is 85.0 Å². The number of furan rings is 1. The summed E-state index contributed by atoms with van der Waals surface area (Å²) in [5, 5.41) is 7.14. The van der Waals surface area contributed by atoms with E-state index in [1.54, 1.807) is 0 Å². The summed E-state index contributed by atoms with van der Waals surface area (Å²) in [5.74, 6) is 1.78. The lowest BCUT2D eigenvalue weighted by molar-refractivity contribution is 0.669. The lowest BCUT2D eigenvalue weighted by Crippen LogP contribution is -2.00. The molecule has 0 fully saturated rings. The summed E-state index contributed by atoms with van der Waals surface area (Å²) in [6, 6.07) is 79.8. The van der Waals surface area contributed by atoms with E-state index in [2.05, 4.69) is 200 Å². The van der Waals surface area contributed by atoms with Crippen molar-refractivity contribution in [3.63, 3.8) is 0 Å². The maximum Gasteiger partial charge on any atom is 0.164 e. The highest BCUT2D eigenvalue weighted by atomic mass is 32.1. The summed E-state index contributed by atoms with van der Waals surface area (Å²) in [4.78, 5) is 15.8. The van der Waals surface area contributed by atoms with Gasteiger partial charge in [0.1, 0.15) is 11.2 Å². The van der Waals surface area contributed by atoms with E-state index in [1.165, 1.54) is 57.0 Å². The van der Waals surface area contributed by atoms with E-state index < -0.39 is 0 Å². The number of benzene rings is 10. The van der Waals surface area contributed by atoms with Crippen molar-refractivity contribution in [2.75, 3.05) is 0 Å². The van der Waals surface area contributed by atoms with Crippen molar-refractivity contribution in [2.45, 2.75) is 0 Å². The Balaban J connectivity index is 0.906. The Hall–Kier alpha value is -8.55. The quantitative estimate of drug-likeness (QED) is 0.160. The maximum atomic E-state index is 6.64. The van der Waals surface area contributed by atoms with Gasteiger partial charge in [-0.1, -0.05) is 170 Å². The van der Waals surface area contributed by atoms with Crippen molar-refractivity contribution < 1.29 is 4.42 Å². The lowest BCUT2D eigenvalue weighted by Gasteiger charge is -2.11. The molecule has 0 N–H and O–H groups in total. The van der Waals surface area contributed by atoms with Crippen LogP contribution in [-0.2, 0) is 0 Å².